The summed E-state index contributed by atoms with van der Waals surface area (Å²) in [7, 11) is 0. The monoisotopic (exact) mass is 257 g/mol. The first-order valence-corrected chi connectivity index (χ1v) is 5.11. The summed E-state index contributed by atoms with van der Waals surface area (Å²) < 4.78 is 39.0. The molecular weight excluding hydrogens is 247 g/mol. The number of rotatable bonds is 5. The summed E-state index contributed by atoms with van der Waals surface area (Å²) in [5.74, 6) is -3.65. The van der Waals surface area contributed by atoms with Crippen molar-refractivity contribution >= 4 is 5.78 Å². The van der Waals surface area contributed by atoms with E-state index in [1.807, 2.05) is 0 Å². The molecule has 7 heteroatoms. The van der Waals surface area contributed by atoms with Crippen molar-refractivity contribution in [2.75, 3.05) is 0 Å². The van der Waals surface area contributed by atoms with E-state index in [9.17, 15) is 18.0 Å². The van der Waals surface area contributed by atoms with Gasteiger partial charge in [0.05, 0.1) is 0 Å². The Bertz CT molecular complexity index is 513. The van der Waals surface area contributed by atoms with Gasteiger partial charge in [-0.05, 0) is 30.5 Å². The fraction of sp³-hybridized carbons (Fsp3) is 0.364. The van der Waals surface area contributed by atoms with Crippen LogP contribution in [0.3, 0.4) is 0 Å². The van der Waals surface area contributed by atoms with Crippen molar-refractivity contribution in [3.8, 4) is 0 Å². The molecule has 0 N–H and O–H groups in total. The molecular formula is C11H10F3N3O. The second-order valence-corrected chi connectivity index (χ2v) is 3.83. The lowest BCUT2D eigenvalue weighted by atomic mass is 10.0. The summed E-state index contributed by atoms with van der Waals surface area (Å²) in [5, 5.41) is 3.33. The van der Waals surface area contributed by atoms with Crippen molar-refractivity contribution in [3.05, 3.63) is 45.6 Å². The molecule has 0 aromatic heterocycles. The van der Waals surface area contributed by atoms with E-state index in [4.69, 9.17) is 5.53 Å². The van der Waals surface area contributed by atoms with Gasteiger partial charge < -0.3 is 4.79 Å². The standard InChI is InChI=1S/C11H10F3N3O/c1-6(18)2-8(16-17-15)3-7-4-10(13)11(14)5-9(7)12/h4-5,8H,2-3H2,1H3/t8-/m0/s1. The van der Waals surface area contributed by atoms with Crippen LogP contribution in [0.4, 0.5) is 13.2 Å². The van der Waals surface area contributed by atoms with E-state index < -0.39 is 23.5 Å². The maximum absolute atomic E-state index is 13.3. The first kappa shape index (κ1) is 14.1. The number of carbonyl (C=O) groups is 1. The van der Waals surface area contributed by atoms with Crippen molar-refractivity contribution in [1.29, 1.82) is 0 Å². The number of halogens is 3. The van der Waals surface area contributed by atoms with Gasteiger partial charge in [0, 0.05) is 23.4 Å². The quantitative estimate of drug-likeness (QED) is 0.345. The lowest BCUT2D eigenvalue weighted by Crippen LogP contribution is -2.13. The molecule has 0 radical (unpaired) electrons. The highest BCUT2D eigenvalue weighted by molar-refractivity contribution is 5.76. The van der Waals surface area contributed by atoms with Crippen LogP contribution < -0.4 is 0 Å². The van der Waals surface area contributed by atoms with Gasteiger partial charge in [0.15, 0.2) is 11.6 Å². The van der Waals surface area contributed by atoms with E-state index in [2.05, 4.69) is 10.0 Å². The third kappa shape index (κ3) is 3.78. The van der Waals surface area contributed by atoms with Gasteiger partial charge in [0.25, 0.3) is 0 Å². The molecule has 18 heavy (non-hydrogen) atoms. The normalized spacial score (nSPS) is 11.8. The van der Waals surface area contributed by atoms with Crippen LogP contribution in [0.1, 0.15) is 18.9 Å². The molecule has 0 unspecified atom stereocenters. The molecule has 1 rings (SSSR count). The summed E-state index contributed by atoms with van der Waals surface area (Å²) in [6.45, 7) is 1.29. The minimum Gasteiger partial charge on any atom is -0.300 e. The summed E-state index contributed by atoms with van der Waals surface area (Å²) >= 11 is 0. The van der Waals surface area contributed by atoms with Crippen molar-refractivity contribution in [3.63, 3.8) is 0 Å². The number of nitrogens with zero attached hydrogens (tertiary/aromatic N) is 3. The van der Waals surface area contributed by atoms with Crippen LogP contribution in [0.2, 0.25) is 0 Å². The van der Waals surface area contributed by atoms with Crippen LogP contribution in [0.15, 0.2) is 17.2 Å². The smallest absolute Gasteiger partial charge is 0.161 e. The highest BCUT2D eigenvalue weighted by atomic mass is 19.2. The largest absolute Gasteiger partial charge is 0.300 e. The molecule has 0 heterocycles. The van der Waals surface area contributed by atoms with Gasteiger partial charge in [-0.1, -0.05) is 5.11 Å². The molecule has 1 aromatic carbocycles. The third-order valence-electron chi connectivity index (χ3n) is 2.28. The molecule has 0 aliphatic carbocycles. The van der Waals surface area contributed by atoms with E-state index in [0.29, 0.717) is 12.1 Å². The minimum absolute atomic E-state index is 0.0809. The molecule has 0 amide bonds. The number of ketones is 1. The van der Waals surface area contributed by atoms with E-state index in [1.165, 1.54) is 6.92 Å². The van der Waals surface area contributed by atoms with E-state index in [0.717, 1.165) is 0 Å². The molecule has 0 fully saturated rings. The van der Waals surface area contributed by atoms with Gasteiger partial charge in [0.1, 0.15) is 11.6 Å². The second-order valence-electron chi connectivity index (χ2n) is 3.83. The van der Waals surface area contributed by atoms with Gasteiger partial charge in [-0.2, -0.15) is 0 Å². The first-order chi connectivity index (χ1) is 8.43. The van der Waals surface area contributed by atoms with Gasteiger partial charge in [-0.25, -0.2) is 13.2 Å². The Hall–Kier alpha value is -2.01. The number of hydrogen-bond acceptors (Lipinski definition) is 2. The SMILES string of the molecule is CC(=O)C[C@@H](Cc1cc(F)c(F)cc1F)N=[N+]=[N-]. The van der Waals surface area contributed by atoms with Crippen molar-refractivity contribution in [2.45, 2.75) is 25.8 Å². The Morgan fingerprint density at radius 1 is 1.33 bits per heavy atom. The molecule has 1 aromatic rings. The van der Waals surface area contributed by atoms with Crippen molar-refractivity contribution < 1.29 is 18.0 Å². The number of benzene rings is 1. The van der Waals surface area contributed by atoms with Crippen LogP contribution in [-0.4, -0.2) is 11.8 Å². The maximum Gasteiger partial charge on any atom is 0.161 e. The Kier molecular flexibility index (Phi) is 4.74. The topological polar surface area (TPSA) is 65.8 Å². The van der Waals surface area contributed by atoms with Gasteiger partial charge >= 0.3 is 0 Å². The molecule has 0 saturated carbocycles. The molecule has 0 aliphatic rings. The van der Waals surface area contributed by atoms with Crippen LogP contribution in [0.25, 0.3) is 10.4 Å². The summed E-state index contributed by atoms with van der Waals surface area (Å²) in [6.07, 6.45) is -0.241. The molecule has 0 aliphatic heterocycles. The van der Waals surface area contributed by atoms with E-state index in [1.54, 1.807) is 0 Å². The zero-order chi connectivity index (χ0) is 13.7. The predicted octanol–water partition coefficient (Wildman–Crippen LogP) is 3.30. The van der Waals surface area contributed by atoms with Gasteiger partial charge in [0.2, 0.25) is 0 Å². The van der Waals surface area contributed by atoms with E-state index >= 15 is 0 Å². The maximum atomic E-state index is 13.3. The summed E-state index contributed by atoms with van der Waals surface area (Å²) in [5.41, 5.74) is 8.18. The number of Topliss-reactive ketones (excluding diaryl/α,β-unsaturated/α-hetero) is 1. The van der Waals surface area contributed by atoms with Crippen LogP contribution >= 0.6 is 0 Å². The molecule has 96 valence electrons. The third-order valence-corrected chi connectivity index (χ3v) is 2.28. The lowest BCUT2D eigenvalue weighted by Gasteiger charge is -2.10. The fourth-order valence-corrected chi connectivity index (χ4v) is 1.53. The zero-order valence-corrected chi connectivity index (χ0v) is 9.53. The van der Waals surface area contributed by atoms with Gasteiger partial charge in [-0.15, -0.1) is 0 Å². The molecule has 0 spiro atoms. The summed E-state index contributed by atoms with van der Waals surface area (Å²) in [4.78, 5) is 13.5. The van der Waals surface area contributed by atoms with Gasteiger partial charge in [-0.3, -0.25) is 0 Å². The van der Waals surface area contributed by atoms with Crippen molar-refractivity contribution in [2.24, 2.45) is 5.11 Å². The predicted molar refractivity (Wildman–Crippen MR) is 58.3 cm³/mol. The minimum atomic E-state index is -1.29. The van der Waals surface area contributed by atoms with Crippen molar-refractivity contribution in [1.82, 2.24) is 0 Å². The highest BCUT2D eigenvalue weighted by Gasteiger charge is 2.15. The highest BCUT2D eigenvalue weighted by Crippen LogP contribution is 2.17. The molecule has 4 nitrogen and oxygen atoms in total. The molecule has 0 saturated heterocycles. The lowest BCUT2D eigenvalue weighted by molar-refractivity contribution is -0.117. The molecule has 1 atom stereocenters. The first-order valence-electron chi connectivity index (χ1n) is 5.11. The Morgan fingerprint density at radius 3 is 2.50 bits per heavy atom. The number of hydrogen-bond donors (Lipinski definition) is 0. The number of azide groups is 1. The summed E-state index contributed by atoms with van der Waals surface area (Å²) in [6, 6.07) is 0.308. The van der Waals surface area contributed by atoms with E-state index in [-0.39, 0.29) is 24.2 Å². The number of carbonyl (C=O) groups excluding carboxylic acids is 1. The molecule has 0 bridgehead atoms. The van der Waals surface area contributed by atoms with Crippen LogP contribution in [0, 0.1) is 17.5 Å². The van der Waals surface area contributed by atoms with Crippen LogP contribution in [-0.2, 0) is 11.2 Å². The average molecular weight is 257 g/mol. The Labute approximate surface area is 101 Å². The fourth-order valence-electron chi connectivity index (χ4n) is 1.53. The van der Waals surface area contributed by atoms with Crippen LogP contribution in [0.5, 0.6) is 0 Å². The zero-order valence-electron chi connectivity index (χ0n) is 9.53. The Balaban J connectivity index is 2.96. The second kappa shape index (κ2) is 6.07. The Morgan fingerprint density at radius 2 is 1.94 bits per heavy atom. The average Bonchev–Trinajstić information content (AvgIpc) is 2.25.